The summed E-state index contributed by atoms with van der Waals surface area (Å²) in [5.41, 5.74) is 5.97. The Kier molecular flexibility index (Phi) is 4.98. The van der Waals surface area contributed by atoms with E-state index >= 15 is 0 Å². The first-order valence-electron chi connectivity index (χ1n) is 5.41. The summed E-state index contributed by atoms with van der Waals surface area (Å²) >= 11 is 5.92. The number of halogens is 1. The summed E-state index contributed by atoms with van der Waals surface area (Å²) in [5, 5.41) is 0.181. The average molecular weight is 292 g/mol. The number of benzene rings is 1. The highest BCUT2D eigenvalue weighted by molar-refractivity contribution is 7.89. The topological polar surface area (TPSA) is 66.6 Å². The van der Waals surface area contributed by atoms with Crippen LogP contribution >= 0.6 is 11.6 Å². The van der Waals surface area contributed by atoms with Crippen LogP contribution in [-0.4, -0.2) is 51.9 Å². The maximum Gasteiger partial charge on any atom is 0.244 e. The molecule has 0 bridgehead atoms. The van der Waals surface area contributed by atoms with Gasteiger partial charge in [-0.25, -0.2) is 8.42 Å². The summed E-state index contributed by atoms with van der Waals surface area (Å²) in [6, 6.07) is 4.44. The fourth-order valence-corrected chi connectivity index (χ4v) is 3.01. The summed E-state index contributed by atoms with van der Waals surface area (Å²) in [5.74, 6) is 0. The molecule has 0 aliphatic carbocycles. The molecule has 0 unspecified atom stereocenters. The molecular weight excluding hydrogens is 274 g/mol. The number of hydrogen-bond acceptors (Lipinski definition) is 4. The van der Waals surface area contributed by atoms with Crippen molar-refractivity contribution in [3.63, 3.8) is 0 Å². The molecule has 1 rings (SSSR count). The van der Waals surface area contributed by atoms with Crippen molar-refractivity contribution in [2.24, 2.45) is 0 Å². The van der Waals surface area contributed by atoms with E-state index < -0.39 is 10.0 Å². The van der Waals surface area contributed by atoms with Crippen LogP contribution in [0.2, 0.25) is 5.02 Å². The van der Waals surface area contributed by atoms with E-state index in [0.717, 1.165) is 0 Å². The highest BCUT2D eigenvalue weighted by Gasteiger charge is 2.23. The van der Waals surface area contributed by atoms with Crippen LogP contribution in [0.5, 0.6) is 0 Å². The van der Waals surface area contributed by atoms with E-state index in [4.69, 9.17) is 17.3 Å². The van der Waals surface area contributed by atoms with Gasteiger partial charge in [0.1, 0.15) is 4.90 Å². The molecule has 0 spiro atoms. The highest BCUT2D eigenvalue weighted by atomic mass is 35.5. The van der Waals surface area contributed by atoms with Gasteiger partial charge in [-0.2, -0.15) is 4.31 Å². The summed E-state index contributed by atoms with van der Waals surface area (Å²) in [6.07, 6.45) is 0. The van der Waals surface area contributed by atoms with Crippen LogP contribution in [0.25, 0.3) is 0 Å². The predicted molar refractivity (Wildman–Crippen MR) is 74.2 cm³/mol. The molecule has 0 atom stereocenters. The van der Waals surface area contributed by atoms with Gasteiger partial charge in [-0.05, 0) is 32.3 Å². The van der Waals surface area contributed by atoms with Crippen molar-refractivity contribution in [1.29, 1.82) is 0 Å². The maximum atomic E-state index is 12.3. The van der Waals surface area contributed by atoms with E-state index in [0.29, 0.717) is 18.8 Å². The molecule has 5 nitrogen and oxygen atoms in total. The Bertz CT molecular complexity index is 517. The molecule has 0 amide bonds. The molecule has 18 heavy (non-hydrogen) atoms. The number of hydrogen-bond donors (Lipinski definition) is 1. The first-order chi connectivity index (χ1) is 8.25. The molecule has 1 aromatic carbocycles. The minimum Gasteiger partial charge on any atom is -0.399 e. The van der Waals surface area contributed by atoms with Crippen molar-refractivity contribution in [3.05, 3.63) is 23.2 Å². The zero-order chi connectivity index (χ0) is 13.9. The summed E-state index contributed by atoms with van der Waals surface area (Å²) < 4.78 is 25.8. The molecular formula is C11H18ClN3O2S. The second-order valence-corrected chi connectivity index (χ2v) is 6.74. The fourth-order valence-electron chi connectivity index (χ4n) is 1.35. The molecule has 0 aromatic heterocycles. The molecule has 0 heterocycles. The van der Waals surface area contributed by atoms with Gasteiger partial charge in [-0.1, -0.05) is 11.6 Å². The van der Waals surface area contributed by atoms with E-state index in [-0.39, 0.29) is 9.92 Å². The number of likely N-dealkylation sites (N-methyl/N-ethyl adjacent to an activating group) is 2. The monoisotopic (exact) mass is 291 g/mol. The number of nitrogens with two attached hydrogens (primary N) is 1. The third kappa shape index (κ3) is 3.58. The zero-order valence-corrected chi connectivity index (χ0v) is 12.3. The van der Waals surface area contributed by atoms with Crippen LogP contribution in [0.15, 0.2) is 23.1 Å². The fraction of sp³-hybridized carbons (Fsp3) is 0.455. The Hall–Kier alpha value is -0.820. The Balaban J connectivity index is 3.02. The molecule has 0 fully saturated rings. The molecule has 0 radical (unpaired) electrons. The molecule has 0 aliphatic rings. The van der Waals surface area contributed by atoms with E-state index in [9.17, 15) is 8.42 Å². The van der Waals surface area contributed by atoms with Gasteiger partial charge >= 0.3 is 0 Å². The summed E-state index contributed by atoms with van der Waals surface area (Å²) in [7, 11) is 1.70. The van der Waals surface area contributed by atoms with Crippen molar-refractivity contribution >= 4 is 27.3 Å². The lowest BCUT2D eigenvalue weighted by atomic mass is 10.3. The molecule has 102 valence electrons. The van der Waals surface area contributed by atoms with Crippen molar-refractivity contribution in [2.45, 2.75) is 4.90 Å². The third-order valence-corrected chi connectivity index (χ3v) is 4.84. The van der Waals surface area contributed by atoms with Gasteiger partial charge in [-0.15, -0.1) is 0 Å². The lowest BCUT2D eigenvalue weighted by Gasteiger charge is -2.20. The largest absolute Gasteiger partial charge is 0.399 e. The zero-order valence-electron chi connectivity index (χ0n) is 10.7. The molecule has 0 aliphatic heterocycles. The Labute approximate surface area is 113 Å². The molecule has 2 N–H and O–H groups in total. The van der Waals surface area contributed by atoms with Crippen molar-refractivity contribution < 1.29 is 8.42 Å². The van der Waals surface area contributed by atoms with Crippen molar-refractivity contribution in [2.75, 3.05) is 40.0 Å². The lowest BCUT2D eigenvalue weighted by molar-refractivity contribution is 0.358. The van der Waals surface area contributed by atoms with Crippen LogP contribution < -0.4 is 5.73 Å². The van der Waals surface area contributed by atoms with Gasteiger partial charge in [0.2, 0.25) is 10.0 Å². The minimum atomic E-state index is -3.59. The van der Waals surface area contributed by atoms with Gasteiger partial charge in [0, 0.05) is 25.8 Å². The van der Waals surface area contributed by atoms with Gasteiger partial charge in [-0.3, -0.25) is 0 Å². The number of sulfonamides is 1. The van der Waals surface area contributed by atoms with Crippen LogP contribution in [-0.2, 0) is 10.0 Å². The number of nitrogens with zero attached hydrogens (tertiary/aromatic N) is 2. The van der Waals surface area contributed by atoms with Crippen molar-refractivity contribution in [1.82, 2.24) is 9.21 Å². The van der Waals surface area contributed by atoms with Gasteiger partial charge in [0.25, 0.3) is 0 Å². The van der Waals surface area contributed by atoms with Gasteiger partial charge in [0.05, 0.1) is 5.02 Å². The standard InChI is InChI=1S/C11H18ClN3O2S/c1-14(2)6-7-15(3)18(16,17)11-8-9(13)4-5-10(11)12/h4-5,8H,6-7,13H2,1-3H3. The third-order valence-electron chi connectivity index (χ3n) is 2.51. The van der Waals surface area contributed by atoms with E-state index in [1.165, 1.54) is 23.5 Å². The van der Waals surface area contributed by atoms with E-state index in [1.807, 2.05) is 19.0 Å². The average Bonchev–Trinajstić information content (AvgIpc) is 2.28. The summed E-state index contributed by atoms with van der Waals surface area (Å²) in [4.78, 5) is 1.96. The minimum absolute atomic E-state index is 0.0467. The number of nitrogen functional groups attached to an aromatic ring is 1. The van der Waals surface area contributed by atoms with Crippen LogP contribution in [0.4, 0.5) is 5.69 Å². The second-order valence-electron chi connectivity index (χ2n) is 4.32. The second kappa shape index (κ2) is 5.88. The Morgan fingerprint density at radius 3 is 2.39 bits per heavy atom. The predicted octanol–water partition coefficient (Wildman–Crippen LogP) is 1.10. The van der Waals surface area contributed by atoms with Gasteiger partial charge < -0.3 is 10.6 Å². The van der Waals surface area contributed by atoms with Crippen LogP contribution in [0, 0.1) is 0 Å². The lowest BCUT2D eigenvalue weighted by Crippen LogP contribution is -2.33. The van der Waals surface area contributed by atoms with E-state index in [1.54, 1.807) is 6.07 Å². The van der Waals surface area contributed by atoms with Crippen molar-refractivity contribution in [3.8, 4) is 0 Å². The van der Waals surface area contributed by atoms with Crippen LogP contribution in [0.1, 0.15) is 0 Å². The van der Waals surface area contributed by atoms with Gasteiger partial charge in [0.15, 0.2) is 0 Å². The molecule has 1 aromatic rings. The molecule has 0 saturated carbocycles. The normalized spacial score (nSPS) is 12.3. The summed E-state index contributed by atoms with van der Waals surface area (Å²) in [6.45, 7) is 1.02. The van der Waals surface area contributed by atoms with E-state index in [2.05, 4.69) is 0 Å². The van der Waals surface area contributed by atoms with Crippen LogP contribution in [0.3, 0.4) is 0 Å². The Morgan fingerprint density at radius 2 is 1.83 bits per heavy atom. The highest BCUT2D eigenvalue weighted by Crippen LogP contribution is 2.25. The molecule has 0 saturated heterocycles. The maximum absolute atomic E-state index is 12.3. The number of rotatable bonds is 5. The quantitative estimate of drug-likeness (QED) is 0.825. The SMILES string of the molecule is CN(C)CCN(C)S(=O)(=O)c1cc(N)ccc1Cl. The molecule has 7 heteroatoms. The first-order valence-corrected chi connectivity index (χ1v) is 7.23. The number of anilines is 1. The Morgan fingerprint density at radius 1 is 1.22 bits per heavy atom. The first kappa shape index (κ1) is 15.2. The smallest absolute Gasteiger partial charge is 0.244 e.